The van der Waals surface area contributed by atoms with Gasteiger partial charge in [0.15, 0.2) is 5.82 Å². The van der Waals surface area contributed by atoms with Crippen molar-refractivity contribution >= 4 is 31.6 Å². The minimum atomic E-state index is -3.62. The van der Waals surface area contributed by atoms with E-state index in [2.05, 4.69) is 9.97 Å². The van der Waals surface area contributed by atoms with Gasteiger partial charge in [-0.2, -0.15) is 0 Å². The van der Waals surface area contributed by atoms with E-state index in [0.29, 0.717) is 42.6 Å². The molecule has 1 aliphatic rings. The van der Waals surface area contributed by atoms with Gasteiger partial charge < -0.3 is 10.6 Å². The number of fused-ring (bicyclic) bond motifs is 1. The molecule has 208 valence electrons. The van der Waals surface area contributed by atoms with Crippen molar-refractivity contribution in [1.82, 2.24) is 19.9 Å². The zero-order valence-electron chi connectivity index (χ0n) is 22.0. The molecule has 2 heterocycles. The zero-order valence-corrected chi connectivity index (χ0v) is 23.7. The summed E-state index contributed by atoms with van der Waals surface area (Å²) in [6.07, 6.45) is 6.55. The van der Waals surface area contributed by atoms with Gasteiger partial charge in [-0.15, -0.1) is 0 Å². The van der Waals surface area contributed by atoms with Crippen LogP contribution in [0.3, 0.4) is 0 Å². The number of hydroxylamine groups is 2. The average Bonchev–Trinajstić information content (AvgIpc) is 2.91. The van der Waals surface area contributed by atoms with E-state index in [0.717, 1.165) is 24.9 Å². The van der Waals surface area contributed by atoms with Gasteiger partial charge in [0.25, 0.3) is 0 Å². The summed E-state index contributed by atoms with van der Waals surface area (Å²) >= 11 is 0. The molecule has 1 aliphatic heterocycles. The minimum Gasteiger partial charge on any atom is -0.383 e. The van der Waals surface area contributed by atoms with Crippen molar-refractivity contribution in [2.45, 2.75) is 29.2 Å². The Labute approximate surface area is 229 Å². The number of aromatic nitrogens is 2. The van der Waals surface area contributed by atoms with Gasteiger partial charge in [-0.3, -0.25) is 9.90 Å². The lowest BCUT2D eigenvalue weighted by Crippen LogP contribution is -2.27. The summed E-state index contributed by atoms with van der Waals surface area (Å²) in [5.74, 6) is 0.897. The Kier molecular flexibility index (Phi) is 9.01. The largest absolute Gasteiger partial charge is 0.383 e. The van der Waals surface area contributed by atoms with Gasteiger partial charge in [0.05, 0.1) is 34.4 Å². The fourth-order valence-corrected chi connectivity index (χ4v) is 5.96. The van der Waals surface area contributed by atoms with E-state index in [1.54, 1.807) is 65.9 Å². The van der Waals surface area contributed by atoms with Crippen molar-refractivity contribution in [3.8, 4) is 11.4 Å². The van der Waals surface area contributed by atoms with E-state index in [1.807, 2.05) is 18.0 Å². The molecular weight excluding hydrogens is 538 g/mol. The highest BCUT2D eigenvalue weighted by Gasteiger charge is 2.20. The summed E-state index contributed by atoms with van der Waals surface area (Å²) in [5.41, 5.74) is 8.31. The monoisotopic (exact) mass is 571 g/mol. The number of sulfone groups is 2. The number of rotatable bonds is 12. The highest BCUT2D eigenvalue weighted by molar-refractivity contribution is 7.91. The third-order valence-electron chi connectivity index (χ3n) is 6.28. The number of hydrogen-bond donors (Lipinski definition) is 1. The third kappa shape index (κ3) is 7.63. The topological polar surface area (TPSA) is 136 Å². The molecule has 2 N–H and O–H groups in total. The Bertz CT molecular complexity index is 1530. The van der Waals surface area contributed by atoms with E-state index in [-0.39, 0.29) is 15.5 Å². The van der Waals surface area contributed by atoms with Crippen LogP contribution in [0.1, 0.15) is 24.1 Å². The van der Waals surface area contributed by atoms with Gasteiger partial charge in [0.1, 0.15) is 15.7 Å². The van der Waals surface area contributed by atoms with E-state index >= 15 is 0 Å². The highest BCUT2D eigenvalue weighted by atomic mass is 32.2. The van der Waals surface area contributed by atoms with Crippen LogP contribution in [0.4, 0.5) is 5.82 Å². The van der Waals surface area contributed by atoms with E-state index < -0.39 is 19.7 Å². The van der Waals surface area contributed by atoms with Gasteiger partial charge in [0, 0.05) is 30.1 Å². The summed E-state index contributed by atoms with van der Waals surface area (Å²) in [6.45, 7) is 2.20. The predicted molar refractivity (Wildman–Crippen MR) is 151 cm³/mol. The molecule has 12 heteroatoms. The molecule has 0 amide bonds. The van der Waals surface area contributed by atoms with Crippen molar-refractivity contribution in [2.24, 2.45) is 0 Å². The summed E-state index contributed by atoms with van der Waals surface area (Å²) in [4.78, 5) is 17.4. The molecule has 0 saturated carbocycles. The molecule has 4 rings (SSSR count). The molecule has 0 bridgehead atoms. The first kappa shape index (κ1) is 28.7. The predicted octanol–water partition coefficient (Wildman–Crippen LogP) is 3.03. The van der Waals surface area contributed by atoms with Gasteiger partial charge in [-0.25, -0.2) is 26.8 Å². The molecule has 0 saturated heterocycles. The summed E-state index contributed by atoms with van der Waals surface area (Å²) in [6, 6.07) is 14.7. The molecule has 0 spiro atoms. The quantitative estimate of drug-likeness (QED) is 0.323. The van der Waals surface area contributed by atoms with Crippen LogP contribution in [-0.2, 0) is 31.1 Å². The third-order valence-corrected chi connectivity index (χ3v) is 8.99. The Morgan fingerprint density at radius 3 is 2.33 bits per heavy atom. The molecular formula is C27H33N5O5S2. The molecule has 0 radical (unpaired) electrons. The minimum absolute atomic E-state index is 0.155. The molecule has 3 aromatic rings. The second-order valence-corrected chi connectivity index (χ2v) is 13.7. The number of benzene rings is 2. The first-order valence-corrected chi connectivity index (χ1v) is 16.1. The summed E-state index contributed by atoms with van der Waals surface area (Å²) < 4.78 is 48.4. The Balaban J connectivity index is 1.35. The fourth-order valence-electron chi connectivity index (χ4n) is 4.03. The molecule has 0 aliphatic carbocycles. The lowest BCUT2D eigenvalue weighted by Gasteiger charge is -2.25. The Hall–Kier alpha value is -3.32. The Morgan fingerprint density at radius 2 is 1.64 bits per heavy atom. The van der Waals surface area contributed by atoms with E-state index in [4.69, 9.17) is 10.6 Å². The van der Waals surface area contributed by atoms with Crippen molar-refractivity contribution < 1.29 is 21.7 Å². The number of nitrogen functional groups attached to an aromatic ring is 1. The SMILES string of the molecule is CN(CCCCON1C=Cc2c(N)nc(-c3ccc(S(=O)(=O)c4ccccc4)cc3)nc2C1)CCS(C)(=O)=O. The second-order valence-electron chi connectivity index (χ2n) is 9.50. The van der Waals surface area contributed by atoms with Gasteiger partial charge in [0.2, 0.25) is 9.84 Å². The summed E-state index contributed by atoms with van der Waals surface area (Å²) in [5, 5.41) is 1.70. The van der Waals surface area contributed by atoms with Crippen molar-refractivity contribution in [1.29, 1.82) is 0 Å². The lowest BCUT2D eigenvalue weighted by molar-refractivity contribution is -0.129. The van der Waals surface area contributed by atoms with Gasteiger partial charge in [-0.05, 0) is 68.9 Å². The van der Waals surface area contributed by atoms with Crippen LogP contribution >= 0.6 is 0 Å². The van der Waals surface area contributed by atoms with E-state index in [9.17, 15) is 16.8 Å². The number of hydrogen-bond acceptors (Lipinski definition) is 10. The maximum atomic E-state index is 12.9. The van der Waals surface area contributed by atoms with Gasteiger partial charge in [-0.1, -0.05) is 18.2 Å². The van der Waals surface area contributed by atoms with Crippen LogP contribution < -0.4 is 5.73 Å². The highest BCUT2D eigenvalue weighted by Crippen LogP contribution is 2.28. The van der Waals surface area contributed by atoms with Crippen LogP contribution in [0.2, 0.25) is 0 Å². The molecule has 39 heavy (non-hydrogen) atoms. The zero-order chi connectivity index (χ0) is 28.0. The molecule has 2 aromatic carbocycles. The molecule has 0 unspecified atom stereocenters. The standard InChI is InChI=1S/C27H33N5O5S2/c1-31(17-19-38(2,33)34)15-6-7-18-37-32-16-14-24-25(20-32)29-27(30-26(24)28)21-10-12-23(13-11-21)39(35,36)22-8-4-3-5-9-22/h3-5,8-14,16H,6-7,15,17-20H2,1-2H3,(H2,28,29,30). The second kappa shape index (κ2) is 12.2. The fraction of sp³-hybridized carbons (Fsp3) is 0.333. The maximum Gasteiger partial charge on any atom is 0.206 e. The molecule has 0 fully saturated rings. The van der Waals surface area contributed by atoms with Crippen molar-refractivity contribution in [3.05, 3.63) is 72.1 Å². The Morgan fingerprint density at radius 1 is 0.949 bits per heavy atom. The first-order valence-electron chi connectivity index (χ1n) is 12.5. The smallest absolute Gasteiger partial charge is 0.206 e. The van der Waals surface area contributed by atoms with Crippen LogP contribution in [0.25, 0.3) is 17.5 Å². The van der Waals surface area contributed by atoms with Crippen LogP contribution in [0.5, 0.6) is 0 Å². The molecule has 0 atom stereocenters. The van der Waals surface area contributed by atoms with Crippen molar-refractivity contribution in [2.75, 3.05) is 44.5 Å². The number of unbranched alkanes of at least 4 members (excludes halogenated alkanes) is 1. The lowest BCUT2D eigenvalue weighted by atomic mass is 10.1. The van der Waals surface area contributed by atoms with Gasteiger partial charge >= 0.3 is 0 Å². The summed E-state index contributed by atoms with van der Waals surface area (Å²) in [7, 11) is -4.67. The van der Waals surface area contributed by atoms with Crippen molar-refractivity contribution in [3.63, 3.8) is 0 Å². The number of nitrogens with two attached hydrogens (primary N) is 1. The van der Waals surface area contributed by atoms with Crippen LogP contribution in [0.15, 0.2) is 70.6 Å². The average molecular weight is 572 g/mol. The normalized spacial score (nSPS) is 13.6. The maximum absolute atomic E-state index is 12.9. The number of anilines is 1. The van der Waals surface area contributed by atoms with Crippen LogP contribution in [-0.4, -0.2) is 75.5 Å². The van der Waals surface area contributed by atoms with E-state index in [1.165, 1.54) is 6.26 Å². The molecule has 1 aromatic heterocycles. The van der Waals surface area contributed by atoms with Crippen LogP contribution in [0, 0.1) is 0 Å². The first-order chi connectivity index (χ1) is 18.5. The molecule has 10 nitrogen and oxygen atoms in total. The number of nitrogens with zero attached hydrogens (tertiary/aromatic N) is 4.